The van der Waals surface area contributed by atoms with Crippen molar-refractivity contribution in [2.45, 2.75) is 23.9 Å². The van der Waals surface area contributed by atoms with Crippen LogP contribution in [0.3, 0.4) is 0 Å². The summed E-state index contributed by atoms with van der Waals surface area (Å²) in [7, 11) is 0. The number of halogens is 2. The zero-order chi connectivity index (χ0) is 17.1. The maximum Gasteiger partial charge on any atom is 0.257 e. The maximum atomic E-state index is 13.5. The number of amides is 1. The van der Waals surface area contributed by atoms with Crippen LogP contribution in [0.4, 0.5) is 4.39 Å². The van der Waals surface area contributed by atoms with Crippen LogP contribution in [0.2, 0.25) is 5.02 Å². The van der Waals surface area contributed by atoms with E-state index in [1.54, 1.807) is 43.3 Å². The number of carbonyl (C=O) groups is 1. The molecule has 0 fully saturated rings. The third-order valence-electron chi connectivity index (χ3n) is 3.39. The second-order valence-corrected chi connectivity index (χ2v) is 6.89. The summed E-state index contributed by atoms with van der Waals surface area (Å²) in [6.45, 7) is 1.88. The van der Waals surface area contributed by atoms with E-state index in [2.05, 4.69) is 10.3 Å². The normalized spacial score (nSPS) is 12.3. The molecule has 4 nitrogen and oxygen atoms in total. The summed E-state index contributed by atoms with van der Waals surface area (Å²) in [5, 5.41) is 3.24. The minimum absolute atomic E-state index is 0.138. The lowest BCUT2D eigenvalue weighted by Gasteiger charge is -2.10. The molecule has 1 unspecified atom stereocenters. The Morgan fingerprint density at radius 3 is 2.96 bits per heavy atom. The van der Waals surface area contributed by atoms with Crippen LogP contribution < -0.4 is 5.32 Å². The average Bonchev–Trinajstić information content (AvgIpc) is 2.95. The molecule has 2 aromatic carbocycles. The average molecular weight is 365 g/mol. The second-order valence-electron chi connectivity index (χ2n) is 5.16. The number of benzene rings is 2. The summed E-state index contributed by atoms with van der Waals surface area (Å²) < 4.78 is 19.1. The van der Waals surface area contributed by atoms with E-state index in [1.807, 2.05) is 0 Å². The van der Waals surface area contributed by atoms with Crippen LogP contribution in [0.5, 0.6) is 0 Å². The van der Waals surface area contributed by atoms with Gasteiger partial charge < -0.3 is 9.73 Å². The minimum Gasteiger partial charge on any atom is -0.431 e. The molecule has 0 aliphatic carbocycles. The predicted octanol–water partition coefficient (Wildman–Crippen LogP) is 4.42. The van der Waals surface area contributed by atoms with Gasteiger partial charge in [0.2, 0.25) is 5.91 Å². The number of fused-ring (bicyclic) bond motifs is 1. The largest absolute Gasteiger partial charge is 0.431 e. The molecule has 0 saturated heterocycles. The molecule has 0 spiro atoms. The van der Waals surface area contributed by atoms with E-state index in [9.17, 15) is 9.18 Å². The summed E-state index contributed by atoms with van der Waals surface area (Å²) in [5.41, 5.74) is 1.70. The second kappa shape index (κ2) is 7.23. The van der Waals surface area contributed by atoms with Crippen LogP contribution in [0.1, 0.15) is 12.5 Å². The Balaban J connectivity index is 1.61. The highest BCUT2D eigenvalue weighted by Crippen LogP contribution is 2.28. The van der Waals surface area contributed by atoms with Crippen molar-refractivity contribution in [1.29, 1.82) is 0 Å². The predicted molar refractivity (Wildman–Crippen MR) is 92.6 cm³/mol. The van der Waals surface area contributed by atoms with Gasteiger partial charge in [-0.15, -0.1) is 0 Å². The van der Waals surface area contributed by atoms with Crippen molar-refractivity contribution < 1.29 is 13.6 Å². The Labute approximate surface area is 147 Å². The van der Waals surface area contributed by atoms with E-state index in [0.717, 1.165) is 0 Å². The van der Waals surface area contributed by atoms with E-state index in [-0.39, 0.29) is 18.3 Å². The van der Waals surface area contributed by atoms with Gasteiger partial charge in [-0.1, -0.05) is 41.6 Å². The number of nitrogens with one attached hydrogen (secondary N) is 1. The summed E-state index contributed by atoms with van der Waals surface area (Å²) in [5.74, 6) is -0.558. The summed E-state index contributed by atoms with van der Waals surface area (Å²) in [4.78, 5) is 16.5. The van der Waals surface area contributed by atoms with Crippen molar-refractivity contribution >= 4 is 40.4 Å². The summed E-state index contributed by atoms with van der Waals surface area (Å²) >= 11 is 7.11. The van der Waals surface area contributed by atoms with E-state index in [4.69, 9.17) is 16.0 Å². The third-order valence-corrected chi connectivity index (χ3v) is 4.57. The highest BCUT2D eigenvalue weighted by molar-refractivity contribution is 8.00. The van der Waals surface area contributed by atoms with Crippen LogP contribution in [0.25, 0.3) is 11.1 Å². The number of thioether (sulfide) groups is 1. The molecule has 1 aromatic heterocycles. The molecular weight excluding hydrogens is 351 g/mol. The van der Waals surface area contributed by atoms with Gasteiger partial charge >= 0.3 is 0 Å². The Kier molecular flexibility index (Phi) is 5.06. The molecule has 1 atom stereocenters. The van der Waals surface area contributed by atoms with Gasteiger partial charge in [-0.2, -0.15) is 0 Å². The van der Waals surface area contributed by atoms with Crippen molar-refractivity contribution in [3.63, 3.8) is 0 Å². The molecule has 24 heavy (non-hydrogen) atoms. The number of rotatable bonds is 5. The summed E-state index contributed by atoms with van der Waals surface area (Å²) in [6, 6.07) is 11.5. The lowest BCUT2D eigenvalue weighted by atomic mass is 10.2. The molecule has 3 aromatic rings. The quantitative estimate of drug-likeness (QED) is 0.681. The van der Waals surface area contributed by atoms with Crippen molar-refractivity contribution in [3.8, 4) is 0 Å². The van der Waals surface area contributed by atoms with Crippen molar-refractivity contribution in [2.24, 2.45) is 0 Å². The molecular formula is C17H14ClFN2O2S. The first-order chi connectivity index (χ1) is 11.5. The van der Waals surface area contributed by atoms with Gasteiger partial charge in [-0.25, -0.2) is 9.37 Å². The smallest absolute Gasteiger partial charge is 0.257 e. The van der Waals surface area contributed by atoms with Gasteiger partial charge in [0.05, 0.1) is 5.25 Å². The Hall–Kier alpha value is -2.05. The molecule has 0 bridgehead atoms. The SMILES string of the molecule is CC(Sc1nc2cc(Cl)ccc2o1)C(=O)NCc1ccccc1F. The van der Waals surface area contributed by atoms with Crippen LogP contribution in [-0.2, 0) is 11.3 Å². The molecule has 124 valence electrons. The number of aromatic nitrogens is 1. The molecule has 0 aliphatic heterocycles. The monoisotopic (exact) mass is 364 g/mol. The first-order valence-electron chi connectivity index (χ1n) is 7.27. The Bertz CT molecular complexity index is 884. The third kappa shape index (κ3) is 3.88. The van der Waals surface area contributed by atoms with E-state index >= 15 is 0 Å². The molecule has 1 N–H and O–H groups in total. The van der Waals surface area contributed by atoms with Crippen molar-refractivity contribution in [1.82, 2.24) is 10.3 Å². The molecule has 0 radical (unpaired) electrons. The number of oxazole rings is 1. The van der Waals surface area contributed by atoms with Crippen LogP contribution in [-0.4, -0.2) is 16.1 Å². The lowest BCUT2D eigenvalue weighted by Crippen LogP contribution is -2.30. The van der Waals surface area contributed by atoms with Gasteiger partial charge in [-0.05, 0) is 31.2 Å². The van der Waals surface area contributed by atoms with E-state index < -0.39 is 5.25 Å². The zero-order valence-electron chi connectivity index (χ0n) is 12.8. The number of carbonyl (C=O) groups excluding carboxylic acids is 1. The summed E-state index contributed by atoms with van der Waals surface area (Å²) in [6.07, 6.45) is 0. The first kappa shape index (κ1) is 16.8. The van der Waals surface area contributed by atoms with Crippen molar-refractivity contribution in [2.75, 3.05) is 0 Å². The van der Waals surface area contributed by atoms with Gasteiger partial charge in [0.1, 0.15) is 11.3 Å². The van der Waals surface area contributed by atoms with Crippen molar-refractivity contribution in [3.05, 3.63) is 58.9 Å². The topological polar surface area (TPSA) is 55.1 Å². The standard InChI is InChI=1S/C17H14ClFN2O2S/c1-10(16(22)20-9-11-4-2-3-5-13(11)19)24-17-21-14-8-12(18)6-7-15(14)23-17/h2-8,10H,9H2,1H3,(H,20,22). The maximum absolute atomic E-state index is 13.5. The fourth-order valence-corrected chi connectivity index (χ4v) is 3.05. The van der Waals surface area contributed by atoms with Crippen LogP contribution in [0, 0.1) is 5.82 Å². The van der Waals surface area contributed by atoms with Gasteiger partial charge in [0.25, 0.3) is 5.22 Å². The Morgan fingerprint density at radius 1 is 1.38 bits per heavy atom. The van der Waals surface area contributed by atoms with E-state index in [1.165, 1.54) is 17.8 Å². The highest BCUT2D eigenvalue weighted by atomic mass is 35.5. The highest BCUT2D eigenvalue weighted by Gasteiger charge is 2.18. The van der Waals surface area contributed by atoms with Crippen LogP contribution >= 0.6 is 23.4 Å². The fraction of sp³-hybridized carbons (Fsp3) is 0.176. The molecule has 1 amide bonds. The molecule has 0 aliphatic rings. The van der Waals surface area contributed by atoms with Gasteiger partial charge in [0.15, 0.2) is 5.58 Å². The van der Waals surface area contributed by atoms with E-state index in [0.29, 0.717) is 26.9 Å². The lowest BCUT2D eigenvalue weighted by molar-refractivity contribution is -0.120. The minimum atomic E-state index is -0.430. The molecule has 3 rings (SSSR count). The molecule has 1 heterocycles. The number of hydrogen-bond acceptors (Lipinski definition) is 4. The fourth-order valence-electron chi connectivity index (χ4n) is 2.10. The molecule has 7 heteroatoms. The number of nitrogens with zero attached hydrogens (tertiary/aromatic N) is 1. The van der Waals surface area contributed by atoms with Gasteiger partial charge in [0, 0.05) is 17.1 Å². The molecule has 0 saturated carbocycles. The van der Waals surface area contributed by atoms with Crippen LogP contribution in [0.15, 0.2) is 52.1 Å². The Morgan fingerprint density at radius 2 is 2.17 bits per heavy atom. The number of hydrogen-bond donors (Lipinski definition) is 1. The first-order valence-corrected chi connectivity index (χ1v) is 8.52. The van der Waals surface area contributed by atoms with Gasteiger partial charge in [-0.3, -0.25) is 4.79 Å². The zero-order valence-corrected chi connectivity index (χ0v) is 14.3.